The summed E-state index contributed by atoms with van der Waals surface area (Å²) in [6, 6.07) is 22.4. The maximum atomic E-state index is 6.78. The minimum Gasteiger partial charge on any atom is -0.461 e. The smallest absolute Gasteiger partial charge is 0.216 e. The maximum Gasteiger partial charge on any atom is 0.216 e. The number of ether oxygens (including phenoxy) is 1. The van der Waals surface area contributed by atoms with Gasteiger partial charge < -0.3 is 4.74 Å². The maximum absolute atomic E-state index is 6.78. The molecule has 5 rings (SSSR count). The first-order valence-corrected chi connectivity index (χ1v) is 10.0. The number of nitrogens with zero attached hydrogens (tertiary/aromatic N) is 1. The summed E-state index contributed by atoms with van der Waals surface area (Å²) in [6.45, 7) is 4.43. The van der Waals surface area contributed by atoms with E-state index >= 15 is 0 Å². The van der Waals surface area contributed by atoms with Crippen LogP contribution >= 0.6 is 23.2 Å². The molecule has 0 saturated heterocycles. The molecule has 2 nitrogen and oxygen atoms in total. The fourth-order valence-electron chi connectivity index (χ4n) is 4.42. The van der Waals surface area contributed by atoms with Crippen LogP contribution in [0.15, 0.2) is 72.8 Å². The largest absolute Gasteiger partial charge is 0.461 e. The van der Waals surface area contributed by atoms with Crippen molar-refractivity contribution in [2.75, 3.05) is 4.90 Å². The average molecular weight is 408 g/mol. The van der Waals surface area contributed by atoms with Crippen LogP contribution in [0.4, 0.5) is 11.4 Å². The topological polar surface area (TPSA) is 12.5 Å². The van der Waals surface area contributed by atoms with Gasteiger partial charge in [0, 0.05) is 22.0 Å². The summed E-state index contributed by atoms with van der Waals surface area (Å²) in [4.78, 5) is 2.27. The molecule has 0 amide bonds. The van der Waals surface area contributed by atoms with Crippen molar-refractivity contribution in [3.63, 3.8) is 0 Å². The second kappa shape index (κ2) is 6.04. The van der Waals surface area contributed by atoms with E-state index in [9.17, 15) is 0 Å². The van der Waals surface area contributed by atoms with Gasteiger partial charge in [0.05, 0.1) is 10.4 Å². The van der Waals surface area contributed by atoms with Crippen molar-refractivity contribution in [3.05, 3.63) is 94.0 Å². The Kier molecular flexibility index (Phi) is 3.81. The molecule has 4 heteroatoms. The highest BCUT2D eigenvalue weighted by atomic mass is 35.5. The molecule has 1 spiro atoms. The monoisotopic (exact) mass is 407 g/mol. The van der Waals surface area contributed by atoms with Gasteiger partial charge in [0.25, 0.3) is 0 Å². The Morgan fingerprint density at radius 2 is 1.61 bits per heavy atom. The van der Waals surface area contributed by atoms with Gasteiger partial charge in [-0.05, 0) is 61.9 Å². The molecular weight excluding hydrogens is 389 g/mol. The Balaban J connectivity index is 1.78. The zero-order chi connectivity index (χ0) is 19.5. The van der Waals surface area contributed by atoms with Gasteiger partial charge in [0.15, 0.2) is 0 Å². The highest BCUT2D eigenvalue weighted by Gasteiger charge is 2.59. The molecule has 2 heterocycles. The lowest BCUT2D eigenvalue weighted by Gasteiger charge is -2.47. The van der Waals surface area contributed by atoms with Crippen LogP contribution in [0.25, 0.3) is 6.08 Å². The number of para-hydroxylation sites is 2. The third kappa shape index (κ3) is 2.28. The number of benzene rings is 3. The van der Waals surface area contributed by atoms with Crippen molar-refractivity contribution in [2.24, 2.45) is 0 Å². The Labute approximate surface area is 175 Å². The number of fused-ring (bicyclic) bond motifs is 2. The minimum absolute atomic E-state index is 0.323. The SMILES string of the molecule is CC1(C)c2ccccc2N(c2ccccc2)C12C=Cc1cc(Cl)cc(Cl)c1O2. The quantitative estimate of drug-likeness (QED) is 0.421. The highest BCUT2D eigenvalue weighted by Crippen LogP contribution is 2.58. The molecule has 1 atom stereocenters. The summed E-state index contributed by atoms with van der Waals surface area (Å²) in [5.74, 6) is 0.662. The molecule has 0 radical (unpaired) electrons. The summed E-state index contributed by atoms with van der Waals surface area (Å²) in [5, 5.41) is 1.12. The van der Waals surface area contributed by atoms with Crippen molar-refractivity contribution in [1.82, 2.24) is 0 Å². The predicted molar refractivity (Wildman–Crippen MR) is 117 cm³/mol. The van der Waals surface area contributed by atoms with Crippen molar-refractivity contribution < 1.29 is 4.74 Å². The molecule has 0 aromatic heterocycles. The van der Waals surface area contributed by atoms with Crippen LogP contribution in [0, 0.1) is 0 Å². The van der Waals surface area contributed by atoms with Crippen LogP contribution in [0.2, 0.25) is 10.0 Å². The fraction of sp³-hybridized carbons (Fsp3) is 0.167. The zero-order valence-corrected chi connectivity index (χ0v) is 17.1. The van der Waals surface area contributed by atoms with Crippen LogP contribution in [0.3, 0.4) is 0 Å². The van der Waals surface area contributed by atoms with Crippen LogP contribution < -0.4 is 9.64 Å². The van der Waals surface area contributed by atoms with E-state index in [0.29, 0.717) is 15.8 Å². The molecule has 0 aliphatic carbocycles. The standard InChI is InChI=1S/C24H19Cl2NO/c1-23(2)19-10-6-7-11-21(19)27(18-8-4-3-5-9-18)24(23)13-12-16-14-17(25)15-20(26)22(16)28-24/h3-15H,1-2H3. The lowest BCUT2D eigenvalue weighted by Crippen LogP contribution is -2.57. The van der Waals surface area contributed by atoms with Gasteiger partial charge in [-0.25, -0.2) is 0 Å². The number of rotatable bonds is 1. The molecule has 0 fully saturated rings. The summed E-state index contributed by atoms with van der Waals surface area (Å²) in [6.07, 6.45) is 4.20. The molecule has 0 N–H and O–H groups in total. The predicted octanol–water partition coefficient (Wildman–Crippen LogP) is 7.22. The van der Waals surface area contributed by atoms with Gasteiger partial charge in [-0.2, -0.15) is 0 Å². The molecule has 0 saturated carbocycles. The first kappa shape index (κ1) is 17.7. The molecule has 3 aromatic rings. The van der Waals surface area contributed by atoms with Crippen molar-refractivity contribution in [3.8, 4) is 5.75 Å². The molecule has 2 aliphatic rings. The van der Waals surface area contributed by atoms with Gasteiger partial charge in [0.2, 0.25) is 5.72 Å². The Hall–Kier alpha value is -2.42. The second-order valence-electron chi connectivity index (χ2n) is 7.75. The summed E-state index contributed by atoms with van der Waals surface area (Å²) in [7, 11) is 0. The van der Waals surface area contributed by atoms with E-state index in [0.717, 1.165) is 16.9 Å². The zero-order valence-electron chi connectivity index (χ0n) is 15.6. The first-order chi connectivity index (χ1) is 13.4. The molecule has 1 unspecified atom stereocenters. The van der Waals surface area contributed by atoms with E-state index in [1.165, 1.54) is 5.56 Å². The van der Waals surface area contributed by atoms with E-state index in [4.69, 9.17) is 27.9 Å². The molecule has 28 heavy (non-hydrogen) atoms. The lowest BCUT2D eigenvalue weighted by molar-refractivity contribution is 0.0631. The second-order valence-corrected chi connectivity index (χ2v) is 8.59. The van der Waals surface area contributed by atoms with Crippen LogP contribution in [0.5, 0.6) is 5.75 Å². The number of halogens is 2. The molecule has 2 aliphatic heterocycles. The highest BCUT2D eigenvalue weighted by molar-refractivity contribution is 6.36. The normalized spacial score (nSPS) is 21.4. The van der Waals surface area contributed by atoms with Crippen molar-refractivity contribution >= 4 is 40.7 Å². The van der Waals surface area contributed by atoms with E-state index in [1.807, 2.05) is 24.3 Å². The Morgan fingerprint density at radius 1 is 0.893 bits per heavy atom. The molecular formula is C24H19Cl2NO. The van der Waals surface area contributed by atoms with E-state index in [-0.39, 0.29) is 5.41 Å². The first-order valence-electron chi connectivity index (χ1n) is 9.26. The summed E-state index contributed by atoms with van der Waals surface area (Å²) in [5.41, 5.74) is 3.26. The third-order valence-corrected chi connectivity index (χ3v) is 6.34. The number of hydrogen-bond acceptors (Lipinski definition) is 2. The van der Waals surface area contributed by atoms with E-state index < -0.39 is 5.72 Å². The van der Waals surface area contributed by atoms with Crippen LogP contribution in [-0.2, 0) is 5.41 Å². The number of hydrogen-bond donors (Lipinski definition) is 0. The minimum atomic E-state index is -0.748. The van der Waals surface area contributed by atoms with Crippen molar-refractivity contribution in [1.29, 1.82) is 0 Å². The average Bonchev–Trinajstić information content (AvgIpc) is 2.87. The van der Waals surface area contributed by atoms with Gasteiger partial charge in [0.1, 0.15) is 5.75 Å². The molecule has 0 bridgehead atoms. The molecule has 3 aromatic carbocycles. The van der Waals surface area contributed by atoms with Gasteiger partial charge in [-0.3, -0.25) is 4.90 Å². The summed E-state index contributed by atoms with van der Waals surface area (Å²) >= 11 is 12.7. The van der Waals surface area contributed by atoms with E-state index in [1.54, 1.807) is 6.07 Å². The molecule has 140 valence electrons. The summed E-state index contributed by atoms with van der Waals surface area (Å²) < 4.78 is 6.78. The van der Waals surface area contributed by atoms with Gasteiger partial charge >= 0.3 is 0 Å². The van der Waals surface area contributed by atoms with Gasteiger partial charge in [-0.1, -0.05) is 59.6 Å². The number of anilines is 2. The van der Waals surface area contributed by atoms with Crippen molar-refractivity contribution in [2.45, 2.75) is 25.0 Å². The Bertz CT molecular complexity index is 1110. The van der Waals surface area contributed by atoms with Gasteiger partial charge in [-0.15, -0.1) is 0 Å². The third-order valence-electron chi connectivity index (χ3n) is 5.84. The Morgan fingerprint density at radius 3 is 2.39 bits per heavy atom. The lowest BCUT2D eigenvalue weighted by atomic mass is 9.76. The van der Waals surface area contributed by atoms with Crippen LogP contribution in [0.1, 0.15) is 25.0 Å². The fourth-order valence-corrected chi connectivity index (χ4v) is 4.96. The van der Waals surface area contributed by atoms with E-state index in [2.05, 4.69) is 67.3 Å². The van der Waals surface area contributed by atoms with Crippen LogP contribution in [-0.4, -0.2) is 5.72 Å².